The molecule has 0 bridgehead atoms. The van der Waals surface area contributed by atoms with E-state index in [1.807, 2.05) is 11.8 Å². The molecule has 1 aromatic carbocycles. The second kappa shape index (κ2) is 9.24. The number of hydrogen-bond acceptors (Lipinski definition) is 5. The minimum atomic E-state index is -0.0375. The summed E-state index contributed by atoms with van der Waals surface area (Å²) < 4.78 is 0. The summed E-state index contributed by atoms with van der Waals surface area (Å²) >= 11 is 3.56. The van der Waals surface area contributed by atoms with Crippen molar-refractivity contribution < 1.29 is 4.79 Å². The van der Waals surface area contributed by atoms with E-state index < -0.39 is 0 Å². The lowest BCUT2D eigenvalue weighted by Gasteiger charge is -2.36. The molecule has 1 aromatic heterocycles. The lowest BCUT2D eigenvalue weighted by atomic mass is 10.1. The van der Waals surface area contributed by atoms with E-state index in [2.05, 4.69) is 62.3 Å². The Morgan fingerprint density at radius 3 is 2.67 bits per heavy atom. The van der Waals surface area contributed by atoms with Gasteiger partial charge in [-0.25, -0.2) is 0 Å². The van der Waals surface area contributed by atoms with Crippen LogP contribution in [0.15, 0.2) is 47.2 Å². The Bertz CT molecular complexity index is 714. The first kappa shape index (κ1) is 19.0. The van der Waals surface area contributed by atoms with Crippen LogP contribution in [0.3, 0.4) is 0 Å². The highest BCUT2D eigenvalue weighted by Gasteiger charge is 2.34. The molecule has 2 atom stereocenters. The predicted molar refractivity (Wildman–Crippen MR) is 114 cm³/mol. The lowest BCUT2D eigenvalue weighted by molar-refractivity contribution is -0.134. The number of thioether (sulfide) groups is 1. The SMILES string of the molecule is O=C(C1CSC(c2ccsc2)N1)N1CCN(CCCc2ccccc2)CC1. The molecule has 2 unspecified atom stereocenters. The van der Waals surface area contributed by atoms with Crippen molar-refractivity contribution in [1.82, 2.24) is 15.1 Å². The van der Waals surface area contributed by atoms with Crippen LogP contribution < -0.4 is 5.32 Å². The van der Waals surface area contributed by atoms with E-state index >= 15 is 0 Å². The molecule has 1 N–H and O–H groups in total. The summed E-state index contributed by atoms with van der Waals surface area (Å²) in [6.45, 7) is 4.82. The van der Waals surface area contributed by atoms with Gasteiger partial charge in [0.2, 0.25) is 5.91 Å². The zero-order valence-electron chi connectivity index (χ0n) is 15.5. The van der Waals surface area contributed by atoms with Gasteiger partial charge in [-0.3, -0.25) is 15.0 Å². The molecule has 2 aromatic rings. The van der Waals surface area contributed by atoms with Crippen LogP contribution in [0.5, 0.6) is 0 Å². The number of carbonyl (C=O) groups is 1. The first-order valence-electron chi connectivity index (χ1n) is 9.74. The quantitative estimate of drug-likeness (QED) is 0.806. The van der Waals surface area contributed by atoms with Crippen LogP contribution in [-0.2, 0) is 11.2 Å². The standard InChI is InChI=1S/C21H27N3OS2/c25-21(19-16-27-20(22-19)18-8-14-26-15-18)24-12-10-23(11-13-24)9-4-7-17-5-2-1-3-6-17/h1-3,5-6,8,14-15,19-20,22H,4,7,9-13,16H2. The van der Waals surface area contributed by atoms with Gasteiger partial charge in [-0.2, -0.15) is 11.3 Å². The van der Waals surface area contributed by atoms with Crippen LogP contribution in [0.1, 0.15) is 22.9 Å². The van der Waals surface area contributed by atoms with Crippen molar-refractivity contribution in [1.29, 1.82) is 0 Å². The van der Waals surface area contributed by atoms with Gasteiger partial charge in [0.15, 0.2) is 0 Å². The zero-order valence-corrected chi connectivity index (χ0v) is 17.2. The van der Waals surface area contributed by atoms with Crippen molar-refractivity contribution in [2.24, 2.45) is 0 Å². The van der Waals surface area contributed by atoms with E-state index in [0.29, 0.717) is 0 Å². The highest BCUT2D eigenvalue weighted by atomic mass is 32.2. The minimum absolute atomic E-state index is 0.0375. The fourth-order valence-electron chi connectivity index (χ4n) is 3.79. The van der Waals surface area contributed by atoms with Gasteiger partial charge in [0.1, 0.15) is 0 Å². The van der Waals surface area contributed by atoms with Gasteiger partial charge in [0, 0.05) is 31.9 Å². The van der Waals surface area contributed by atoms with Crippen molar-refractivity contribution in [3.8, 4) is 0 Å². The maximum absolute atomic E-state index is 12.9. The Hall–Kier alpha value is -1.34. The predicted octanol–water partition coefficient (Wildman–Crippen LogP) is 3.23. The summed E-state index contributed by atoms with van der Waals surface area (Å²) in [7, 11) is 0. The Labute approximate surface area is 169 Å². The molecular weight excluding hydrogens is 374 g/mol. The summed E-state index contributed by atoms with van der Waals surface area (Å²) in [6, 6.07) is 12.8. The molecule has 3 heterocycles. The summed E-state index contributed by atoms with van der Waals surface area (Å²) in [5, 5.41) is 8.06. The van der Waals surface area contributed by atoms with Crippen LogP contribution in [0.25, 0.3) is 0 Å². The number of aryl methyl sites for hydroxylation is 1. The van der Waals surface area contributed by atoms with Gasteiger partial charge in [-0.05, 0) is 47.3 Å². The van der Waals surface area contributed by atoms with Crippen LogP contribution in [-0.4, -0.2) is 60.2 Å². The molecule has 2 aliphatic rings. The fraction of sp³-hybridized carbons (Fsp3) is 0.476. The molecule has 4 nitrogen and oxygen atoms in total. The second-order valence-electron chi connectivity index (χ2n) is 7.25. The number of piperazine rings is 1. The van der Waals surface area contributed by atoms with Crippen LogP contribution in [0, 0.1) is 0 Å². The van der Waals surface area contributed by atoms with Gasteiger partial charge >= 0.3 is 0 Å². The molecular formula is C21H27N3OS2. The number of nitrogens with one attached hydrogen (secondary N) is 1. The van der Waals surface area contributed by atoms with Crippen molar-refractivity contribution in [3.63, 3.8) is 0 Å². The third-order valence-electron chi connectivity index (χ3n) is 5.39. The first-order valence-corrected chi connectivity index (χ1v) is 11.7. The van der Waals surface area contributed by atoms with E-state index in [4.69, 9.17) is 0 Å². The molecule has 2 fully saturated rings. The minimum Gasteiger partial charge on any atom is -0.339 e. The maximum atomic E-state index is 12.9. The highest BCUT2D eigenvalue weighted by Crippen LogP contribution is 2.34. The molecule has 4 rings (SSSR count). The molecule has 0 aliphatic carbocycles. The molecule has 2 aliphatic heterocycles. The molecule has 0 saturated carbocycles. The molecule has 0 spiro atoms. The van der Waals surface area contributed by atoms with Crippen molar-refractivity contribution in [2.45, 2.75) is 24.3 Å². The van der Waals surface area contributed by atoms with E-state index in [-0.39, 0.29) is 17.3 Å². The van der Waals surface area contributed by atoms with E-state index in [9.17, 15) is 4.79 Å². The van der Waals surface area contributed by atoms with Gasteiger partial charge in [0.05, 0.1) is 11.4 Å². The van der Waals surface area contributed by atoms with Gasteiger partial charge in [0.25, 0.3) is 0 Å². The van der Waals surface area contributed by atoms with Gasteiger partial charge in [-0.1, -0.05) is 30.3 Å². The molecule has 0 radical (unpaired) electrons. The third kappa shape index (κ3) is 4.93. The highest BCUT2D eigenvalue weighted by molar-refractivity contribution is 7.99. The van der Waals surface area contributed by atoms with E-state index in [1.54, 1.807) is 11.3 Å². The summed E-state index contributed by atoms with van der Waals surface area (Å²) in [5.74, 6) is 1.15. The number of amides is 1. The largest absolute Gasteiger partial charge is 0.339 e. The second-order valence-corrected chi connectivity index (χ2v) is 9.16. The molecule has 27 heavy (non-hydrogen) atoms. The molecule has 2 saturated heterocycles. The monoisotopic (exact) mass is 401 g/mol. The third-order valence-corrected chi connectivity index (χ3v) is 7.36. The van der Waals surface area contributed by atoms with Gasteiger partial charge in [-0.15, -0.1) is 11.8 Å². The number of nitrogens with zero attached hydrogens (tertiary/aromatic N) is 2. The Morgan fingerprint density at radius 2 is 1.93 bits per heavy atom. The smallest absolute Gasteiger partial charge is 0.240 e. The average molecular weight is 402 g/mol. The van der Waals surface area contributed by atoms with E-state index in [0.717, 1.165) is 44.9 Å². The topological polar surface area (TPSA) is 35.6 Å². The van der Waals surface area contributed by atoms with Gasteiger partial charge < -0.3 is 4.90 Å². The Kier molecular flexibility index (Phi) is 6.50. The maximum Gasteiger partial charge on any atom is 0.240 e. The number of hydrogen-bond donors (Lipinski definition) is 1. The van der Waals surface area contributed by atoms with Crippen LogP contribution in [0.2, 0.25) is 0 Å². The normalized spacial score (nSPS) is 23.6. The molecule has 144 valence electrons. The number of carbonyl (C=O) groups excluding carboxylic acids is 1. The fourth-order valence-corrected chi connectivity index (χ4v) is 5.79. The van der Waals surface area contributed by atoms with E-state index in [1.165, 1.54) is 17.5 Å². The summed E-state index contributed by atoms with van der Waals surface area (Å²) in [6.07, 6.45) is 2.31. The lowest BCUT2D eigenvalue weighted by Crippen LogP contribution is -2.53. The first-order chi connectivity index (χ1) is 13.3. The molecule has 6 heteroatoms. The number of benzene rings is 1. The van der Waals surface area contributed by atoms with Crippen LogP contribution in [0.4, 0.5) is 0 Å². The number of thiophene rings is 1. The summed E-state index contributed by atoms with van der Waals surface area (Å²) in [4.78, 5) is 17.4. The number of rotatable bonds is 6. The molecule has 1 amide bonds. The van der Waals surface area contributed by atoms with Crippen molar-refractivity contribution in [2.75, 3.05) is 38.5 Å². The Balaban J connectivity index is 1.18. The van der Waals surface area contributed by atoms with Crippen molar-refractivity contribution >= 4 is 29.0 Å². The summed E-state index contributed by atoms with van der Waals surface area (Å²) in [5.41, 5.74) is 2.71. The average Bonchev–Trinajstić information content (AvgIpc) is 3.41. The zero-order chi connectivity index (χ0) is 18.5. The Morgan fingerprint density at radius 1 is 1.11 bits per heavy atom. The van der Waals surface area contributed by atoms with Crippen molar-refractivity contribution in [3.05, 3.63) is 58.3 Å². The van der Waals surface area contributed by atoms with Crippen LogP contribution >= 0.6 is 23.1 Å².